The Hall–Kier alpha value is -2.45. The van der Waals surface area contributed by atoms with E-state index in [1.807, 2.05) is 38.4 Å². The molecule has 0 fully saturated rings. The lowest BCUT2D eigenvalue weighted by Crippen LogP contribution is -2.15. The Morgan fingerprint density at radius 3 is 2.81 bits per heavy atom. The van der Waals surface area contributed by atoms with E-state index in [0.29, 0.717) is 10.7 Å². The van der Waals surface area contributed by atoms with Gasteiger partial charge >= 0.3 is 0 Å². The van der Waals surface area contributed by atoms with Crippen molar-refractivity contribution < 1.29 is 0 Å². The SMILES string of the molecule is CCc1nn2c(=O)cc(CSc3ncc(-c4ccccc4)n3C)nc2s1. The maximum absolute atomic E-state index is 12.2. The molecule has 8 heteroatoms. The summed E-state index contributed by atoms with van der Waals surface area (Å²) >= 11 is 3.03. The second-order valence-corrected chi connectivity index (χ2v) is 7.75. The van der Waals surface area contributed by atoms with E-state index in [-0.39, 0.29) is 5.56 Å². The maximum Gasteiger partial charge on any atom is 0.275 e. The molecule has 1 aromatic carbocycles. The van der Waals surface area contributed by atoms with Gasteiger partial charge in [-0.15, -0.1) is 0 Å². The molecular formula is C18H17N5OS2. The van der Waals surface area contributed by atoms with E-state index in [1.165, 1.54) is 15.9 Å². The lowest BCUT2D eigenvalue weighted by atomic mass is 10.2. The average molecular weight is 384 g/mol. The topological polar surface area (TPSA) is 65.1 Å². The van der Waals surface area contributed by atoms with Crippen LogP contribution < -0.4 is 5.56 Å². The summed E-state index contributed by atoms with van der Waals surface area (Å²) in [5, 5.41) is 6.08. The summed E-state index contributed by atoms with van der Waals surface area (Å²) in [6.07, 6.45) is 2.67. The van der Waals surface area contributed by atoms with E-state index in [2.05, 4.69) is 31.8 Å². The number of nitrogens with zero attached hydrogens (tertiary/aromatic N) is 5. The number of thioether (sulfide) groups is 1. The summed E-state index contributed by atoms with van der Waals surface area (Å²) in [6.45, 7) is 2.02. The summed E-state index contributed by atoms with van der Waals surface area (Å²) < 4.78 is 3.44. The van der Waals surface area contributed by atoms with Crippen LogP contribution in [0.4, 0.5) is 0 Å². The fourth-order valence-electron chi connectivity index (χ4n) is 2.65. The predicted octanol–water partition coefficient (Wildman–Crippen LogP) is 3.41. The van der Waals surface area contributed by atoms with E-state index in [4.69, 9.17) is 0 Å². The zero-order valence-electron chi connectivity index (χ0n) is 14.4. The summed E-state index contributed by atoms with van der Waals surface area (Å²) in [4.78, 5) is 22.0. The quantitative estimate of drug-likeness (QED) is 0.494. The Balaban J connectivity index is 1.57. The van der Waals surface area contributed by atoms with Gasteiger partial charge in [0.1, 0.15) is 5.01 Å². The van der Waals surface area contributed by atoms with Gasteiger partial charge in [0.15, 0.2) is 5.16 Å². The van der Waals surface area contributed by atoms with Crippen LogP contribution >= 0.6 is 23.1 Å². The second-order valence-electron chi connectivity index (χ2n) is 5.77. The maximum atomic E-state index is 12.2. The molecule has 0 saturated heterocycles. The van der Waals surface area contributed by atoms with E-state index in [1.54, 1.807) is 17.8 Å². The first-order valence-electron chi connectivity index (χ1n) is 8.24. The van der Waals surface area contributed by atoms with Crippen LogP contribution in [0.15, 0.2) is 52.5 Å². The van der Waals surface area contributed by atoms with Crippen LogP contribution in [0.2, 0.25) is 0 Å². The van der Waals surface area contributed by atoms with Gasteiger partial charge in [-0.1, -0.05) is 60.4 Å². The summed E-state index contributed by atoms with van der Waals surface area (Å²) in [6, 6.07) is 11.7. The molecular weight excluding hydrogens is 366 g/mol. The molecule has 26 heavy (non-hydrogen) atoms. The lowest BCUT2D eigenvalue weighted by Gasteiger charge is -2.05. The van der Waals surface area contributed by atoms with Crippen molar-refractivity contribution in [3.63, 3.8) is 0 Å². The van der Waals surface area contributed by atoms with Gasteiger partial charge in [-0.3, -0.25) is 4.79 Å². The molecule has 0 bridgehead atoms. The number of aromatic nitrogens is 5. The highest BCUT2D eigenvalue weighted by Crippen LogP contribution is 2.26. The molecule has 0 atom stereocenters. The first-order chi connectivity index (χ1) is 12.7. The molecule has 3 heterocycles. The van der Waals surface area contributed by atoms with E-state index in [0.717, 1.165) is 33.5 Å². The van der Waals surface area contributed by atoms with Crippen LogP contribution in [0, 0.1) is 0 Å². The molecule has 0 amide bonds. The minimum Gasteiger partial charge on any atom is -0.322 e. The molecule has 0 unspecified atom stereocenters. The first kappa shape index (κ1) is 17.0. The Kier molecular flexibility index (Phi) is 4.60. The lowest BCUT2D eigenvalue weighted by molar-refractivity contribution is 0.796. The van der Waals surface area contributed by atoms with Crippen LogP contribution in [-0.2, 0) is 19.2 Å². The minimum atomic E-state index is -0.133. The monoisotopic (exact) mass is 383 g/mol. The van der Waals surface area contributed by atoms with Gasteiger partial charge in [-0.05, 0) is 12.0 Å². The molecule has 0 N–H and O–H groups in total. The van der Waals surface area contributed by atoms with Crippen molar-refractivity contribution >= 4 is 28.1 Å². The molecule has 6 nitrogen and oxygen atoms in total. The van der Waals surface area contributed by atoms with Crippen LogP contribution in [0.5, 0.6) is 0 Å². The highest BCUT2D eigenvalue weighted by molar-refractivity contribution is 7.98. The molecule has 0 aliphatic heterocycles. The Morgan fingerprint density at radius 1 is 1.23 bits per heavy atom. The highest BCUT2D eigenvalue weighted by Gasteiger charge is 2.12. The van der Waals surface area contributed by atoms with Crippen molar-refractivity contribution in [2.45, 2.75) is 24.3 Å². The van der Waals surface area contributed by atoms with Gasteiger partial charge in [-0.2, -0.15) is 9.61 Å². The van der Waals surface area contributed by atoms with Gasteiger partial charge < -0.3 is 4.57 Å². The highest BCUT2D eigenvalue weighted by atomic mass is 32.2. The smallest absolute Gasteiger partial charge is 0.275 e. The van der Waals surface area contributed by atoms with Crippen LogP contribution in [0.1, 0.15) is 17.6 Å². The number of hydrogen-bond acceptors (Lipinski definition) is 6. The van der Waals surface area contributed by atoms with Gasteiger partial charge in [0.2, 0.25) is 4.96 Å². The van der Waals surface area contributed by atoms with E-state index >= 15 is 0 Å². The minimum absolute atomic E-state index is 0.133. The normalized spacial score (nSPS) is 11.3. The van der Waals surface area contributed by atoms with Crippen molar-refractivity contribution in [2.24, 2.45) is 7.05 Å². The van der Waals surface area contributed by atoms with E-state index in [9.17, 15) is 4.79 Å². The summed E-state index contributed by atoms with van der Waals surface area (Å²) in [5.74, 6) is 0.587. The molecule has 0 aliphatic carbocycles. The third-order valence-corrected chi connectivity index (χ3v) is 6.14. The fourth-order valence-corrected chi connectivity index (χ4v) is 4.36. The number of fused-ring (bicyclic) bond motifs is 1. The molecule has 0 radical (unpaired) electrons. The van der Waals surface area contributed by atoms with Crippen molar-refractivity contribution in [3.8, 4) is 11.3 Å². The summed E-state index contributed by atoms with van der Waals surface area (Å²) in [7, 11) is 2.00. The fraction of sp³-hybridized carbons (Fsp3) is 0.222. The molecule has 0 saturated carbocycles. The molecule has 132 valence electrons. The number of aryl methyl sites for hydroxylation is 1. The third-order valence-electron chi connectivity index (χ3n) is 4.01. The molecule has 0 spiro atoms. The zero-order chi connectivity index (χ0) is 18.1. The van der Waals surface area contributed by atoms with E-state index < -0.39 is 0 Å². The van der Waals surface area contributed by atoms with Gasteiger partial charge in [0.05, 0.1) is 17.6 Å². The largest absolute Gasteiger partial charge is 0.322 e. The average Bonchev–Trinajstić information content (AvgIpc) is 3.24. The van der Waals surface area contributed by atoms with Crippen LogP contribution in [0.25, 0.3) is 16.2 Å². The first-order valence-corrected chi connectivity index (χ1v) is 10.0. The number of hydrogen-bond donors (Lipinski definition) is 0. The molecule has 0 aliphatic rings. The van der Waals surface area contributed by atoms with Crippen molar-refractivity contribution in [1.82, 2.24) is 24.1 Å². The molecule has 4 aromatic rings. The Labute approximate surface area is 158 Å². The third kappa shape index (κ3) is 3.17. The number of imidazole rings is 1. The Morgan fingerprint density at radius 2 is 2.04 bits per heavy atom. The van der Waals surface area contributed by atoms with Gasteiger partial charge in [-0.25, -0.2) is 9.97 Å². The molecule has 3 aromatic heterocycles. The van der Waals surface area contributed by atoms with Gasteiger partial charge in [0, 0.05) is 18.9 Å². The van der Waals surface area contributed by atoms with Gasteiger partial charge in [0.25, 0.3) is 5.56 Å². The van der Waals surface area contributed by atoms with Crippen LogP contribution in [0.3, 0.4) is 0 Å². The second kappa shape index (κ2) is 7.05. The van der Waals surface area contributed by atoms with Crippen LogP contribution in [-0.4, -0.2) is 24.1 Å². The number of benzene rings is 1. The predicted molar refractivity (Wildman–Crippen MR) is 105 cm³/mol. The summed E-state index contributed by atoms with van der Waals surface area (Å²) in [5.41, 5.74) is 2.80. The standard InChI is InChI=1S/C18H17N5OS2/c1-3-15-21-23-16(24)9-13(20-18(23)26-15)11-25-17-19-10-14(22(17)2)12-7-5-4-6-8-12/h4-10H,3,11H2,1-2H3. The number of rotatable bonds is 5. The molecule has 4 rings (SSSR count). The van der Waals surface area contributed by atoms with Crippen molar-refractivity contribution in [3.05, 3.63) is 63.7 Å². The zero-order valence-corrected chi connectivity index (χ0v) is 16.0. The van der Waals surface area contributed by atoms with Crippen molar-refractivity contribution in [2.75, 3.05) is 0 Å². The Bertz CT molecular complexity index is 1110. The van der Waals surface area contributed by atoms with Crippen molar-refractivity contribution in [1.29, 1.82) is 0 Å².